The largest absolute Gasteiger partial charge is 0.382 e. The average molecular weight is 308 g/mol. The second-order valence-electron chi connectivity index (χ2n) is 3.99. The van der Waals surface area contributed by atoms with Gasteiger partial charge in [0.25, 0.3) is 0 Å². The van der Waals surface area contributed by atoms with Gasteiger partial charge in [-0.3, -0.25) is 0 Å². The zero-order valence-corrected chi connectivity index (χ0v) is 13.0. The Morgan fingerprint density at radius 1 is 1.47 bits per heavy atom. The molecule has 0 aliphatic rings. The third kappa shape index (κ3) is 4.03. The molecule has 0 aromatic carbocycles. The summed E-state index contributed by atoms with van der Waals surface area (Å²) in [5.74, 6) is 0.0333. The third-order valence-electron chi connectivity index (χ3n) is 2.37. The molecule has 19 heavy (non-hydrogen) atoms. The van der Waals surface area contributed by atoms with Crippen LogP contribution in [0, 0.1) is 0 Å². The van der Waals surface area contributed by atoms with Crippen molar-refractivity contribution in [3.8, 4) is 0 Å². The van der Waals surface area contributed by atoms with Crippen molar-refractivity contribution in [2.75, 3.05) is 44.9 Å². The van der Waals surface area contributed by atoms with Gasteiger partial charge in [0, 0.05) is 33.9 Å². The molecule has 0 amide bonds. The van der Waals surface area contributed by atoms with E-state index in [9.17, 15) is 8.42 Å². The van der Waals surface area contributed by atoms with Crippen LogP contribution in [0.25, 0.3) is 0 Å². The predicted molar refractivity (Wildman–Crippen MR) is 77.0 cm³/mol. The third-order valence-corrected chi connectivity index (χ3v) is 5.21. The van der Waals surface area contributed by atoms with Crippen LogP contribution in [0.5, 0.6) is 0 Å². The van der Waals surface area contributed by atoms with Crippen molar-refractivity contribution >= 4 is 32.4 Å². The summed E-state index contributed by atoms with van der Waals surface area (Å²) in [4.78, 5) is 0.0545. The molecule has 110 valence electrons. The molecule has 1 aromatic rings. The maximum atomic E-state index is 12.1. The lowest BCUT2D eigenvalue weighted by molar-refractivity contribution is 0.147. The van der Waals surface area contributed by atoms with E-state index in [0.717, 1.165) is 22.3 Å². The number of ether oxygens (including phenoxy) is 1. The first-order valence-corrected chi connectivity index (χ1v) is 8.11. The fourth-order valence-electron chi connectivity index (χ4n) is 1.36. The Bertz CT molecular complexity index is 499. The molecule has 0 atom stereocenters. The summed E-state index contributed by atoms with van der Waals surface area (Å²) >= 11 is 1.05. The Kier molecular flexibility index (Phi) is 5.98. The Morgan fingerprint density at radius 3 is 2.74 bits per heavy atom. The highest BCUT2D eigenvalue weighted by atomic mass is 32.2. The van der Waals surface area contributed by atoms with E-state index in [1.54, 1.807) is 0 Å². The van der Waals surface area contributed by atoms with Gasteiger partial charge in [-0.1, -0.05) is 0 Å². The molecule has 0 spiro atoms. The molecular formula is C10H20N4O3S2. The maximum Gasteiger partial charge on any atom is 0.249 e. The van der Waals surface area contributed by atoms with E-state index in [4.69, 9.17) is 10.5 Å². The van der Waals surface area contributed by atoms with Gasteiger partial charge < -0.3 is 15.8 Å². The summed E-state index contributed by atoms with van der Waals surface area (Å²) in [5, 5.41) is 3.52. The number of nitrogens with zero attached hydrogens (tertiary/aromatic N) is 2. The topological polar surface area (TPSA) is 97.5 Å². The van der Waals surface area contributed by atoms with E-state index in [2.05, 4.69) is 9.69 Å². The molecule has 7 nitrogen and oxygen atoms in total. The number of nitrogens with one attached hydrogen (secondary N) is 1. The van der Waals surface area contributed by atoms with Gasteiger partial charge in [0.2, 0.25) is 10.0 Å². The summed E-state index contributed by atoms with van der Waals surface area (Å²) in [7, 11) is -0.653. The van der Waals surface area contributed by atoms with Gasteiger partial charge in [-0.15, -0.1) is 0 Å². The van der Waals surface area contributed by atoms with Crippen LogP contribution in [0.1, 0.15) is 13.3 Å². The molecule has 0 saturated heterocycles. The maximum absolute atomic E-state index is 12.1. The van der Waals surface area contributed by atoms with Crippen LogP contribution in [0.4, 0.5) is 10.8 Å². The van der Waals surface area contributed by atoms with Crippen LogP contribution in [-0.4, -0.2) is 51.0 Å². The second kappa shape index (κ2) is 7.04. The molecule has 0 radical (unpaired) electrons. The van der Waals surface area contributed by atoms with Crippen molar-refractivity contribution in [2.24, 2.45) is 0 Å². The van der Waals surface area contributed by atoms with Crippen molar-refractivity contribution in [2.45, 2.75) is 18.2 Å². The van der Waals surface area contributed by atoms with E-state index in [0.29, 0.717) is 24.8 Å². The number of aromatic nitrogens is 1. The van der Waals surface area contributed by atoms with Gasteiger partial charge in [0.05, 0.1) is 0 Å². The second-order valence-corrected chi connectivity index (χ2v) is 6.85. The molecule has 1 rings (SSSR count). The van der Waals surface area contributed by atoms with Gasteiger partial charge in [0.1, 0.15) is 5.00 Å². The Labute approximate surface area is 118 Å². The molecule has 0 fully saturated rings. The van der Waals surface area contributed by atoms with Crippen LogP contribution in [0.2, 0.25) is 0 Å². The van der Waals surface area contributed by atoms with Crippen LogP contribution in [-0.2, 0) is 14.8 Å². The van der Waals surface area contributed by atoms with Gasteiger partial charge in [0.15, 0.2) is 10.7 Å². The highest BCUT2D eigenvalue weighted by molar-refractivity contribution is 7.89. The van der Waals surface area contributed by atoms with Gasteiger partial charge >= 0.3 is 0 Å². The summed E-state index contributed by atoms with van der Waals surface area (Å²) in [6.45, 7) is 3.85. The van der Waals surface area contributed by atoms with Crippen LogP contribution >= 0.6 is 11.5 Å². The number of anilines is 2. The normalized spacial score (nSPS) is 12.0. The summed E-state index contributed by atoms with van der Waals surface area (Å²) in [6, 6.07) is 0. The zero-order valence-electron chi connectivity index (χ0n) is 11.3. The smallest absolute Gasteiger partial charge is 0.249 e. The number of nitrogen functional groups attached to an aromatic ring is 1. The fourth-order valence-corrected chi connectivity index (χ4v) is 3.46. The Balaban J connectivity index is 2.76. The summed E-state index contributed by atoms with van der Waals surface area (Å²) < 4.78 is 34.5. The molecule has 1 heterocycles. The average Bonchev–Trinajstić information content (AvgIpc) is 2.70. The van der Waals surface area contributed by atoms with E-state index in [1.807, 2.05) is 6.92 Å². The molecule has 0 aliphatic carbocycles. The number of sulfonamides is 1. The molecule has 1 aromatic heterocycles. The predicted octanol–water partition coefficient (Wildman–Crippen LogP) is 0.814. The van der Waals surface area contributed by atoms with Crippen molar-refractivity contribution in [3.63, 3.8) is 0 Å². The monoisotopic (exact) mass is 308 g/mol. The van der Waals surface area contributed by atoms with Gasteiger partial charge in [-0.05, 0) is 24.9 Å². The highest BCUT2D eigenvalue weighted by Gasteiger charge is 2.27. The van der Waals surface area contributed by atoms with Gasteiger partial charge in [-0.25, -0.2) is 12.7 Å². The standard InChI is InChI=1S/C10H20N4O3S2/c1-4-17-7-5-6-12-10-8(9(11)13-18-10)19(15,16)14(2)3/h12H,4-7H2,1-3H3,(H2,11,13). The van der Waals surface area contributed by atoms with Crippen molar-refractivity contribution in [1.82, 2.24) is 8.68 Å². The first-order valence-electron chi connectivity index (χ1n) is 5.90. The minimum atomic E-state index is -3.58. The van der Waals surface area contributed by atoms with Crippen molar-refractivity contribution < 1.29 is 13.2 Å². The first-order chi connectivity index (χ1) is 8.91. The van der Waals surface area contributed by atoms with Crippen LogP contribution in [0.15, 0.2) is 4.90 Å². The quantitative estimate of drug-likeness (QED) is 0.690. The highest BCUT2D eigenvalue weighted by Crippen LogP contribution is 2.32. The van der Waals surface area contributed by atoms with Crippen molar-refractivity contribution in [1.29, 1.82) is 0 Å². The molecule has 9 heteroatoms. The Hall–Kier alpha value is -0.900. The molecule has 3 N–H and O–H groups in total. The van der Waals surface area contributed by atoms with E-state index < -0.39 is 10.0 Å². The lowest BCUT2D eigenvalue weighted by Gasteiger charge is -2.12. The molecule has 0 unspecified atom stereocenters. The van der Waals surface area contributed by atoms with Crippen LogP contribution < -0.4 is 11.1 Å². The number of nitrogens with two attached hydrogens (primary N) is 1. The summed E-state index contributed by atoms with van der Waals surface area (Å²) in [6.07, 6.45) is 0.785. The molecule has 0 bridgehead atoms. The zero-order chi connectivity index (χ0) is 14.5. The molecular weight excluding hydrogens is 288 g/mol. The minimum absolute atomic E-state index is 0.0333. The first kappa shape index (κ1) is 16.2. The van der Waals surface area contributed by atoms with Crippen molar-refractivity contribution in [3.05, 3.63) is 0 Å². The lowest BCUT2D eigenvalue weighted by Crippen LogP contribution is -2.23. The molecule has 0 saturated carbocycles. The summed E-state index contributed by atoms with van der Waals surface area (Å²) in [5.41, 5.74) is 5.65. The van der Waals surface area contributed by atoms with Gasteiger partial charge in [-0.2, -0.15) is 4.37 Å². The van der Waals surface area contributed by atoms with E-state index >= 15 is 0 Å². The number of hydrogen-bond donors (Lipinski definition) is 2. The van der Waals surface area contributed by atoms with E-state index in [1.165, 1.54) is 14.1 Å². The number of hydrogen-bond acceptors (Lipinski definition) is 7. The fraction of sp³-hybridized carbons (Fsp3) is 0.700. The number of rotatable bonds is 8. The SMILES string of the molecule is CCOCCCNc1snc(N)c1S(=O)(=O)N(C)C. The minimum Gasteiger partial charge on any atom is -0.382 e. The van der Waals surface area contributed by atoms with E-state index in [-0.39, 0.29) is 10.7 Å². The lowest BCUT2D eigenvalue weighted by atomic mass is 10.4. The Morgan fingerprint density at radius 2 is 2.16 bits per heavy atom. The molecule has 0 aliphatic heterocycles. The van der Waals surface area contributed by atoms with Crippen LogP contribution in [0.3, 0.4) is 0 Å².